The second-order valence-electron chi connectivity index (χ2n) is 10.5. The first-order valence-electron chi connectivity index (χ1n) is 11.1. The van der Waals surface area contributed by atoms with Crippen LogP contribution in [0.2, 0.25) is 0 Å². The molecular formula is C23H32O5. The average Bonchev–Trinajstić information content (AvgIpc) is 3.04. The summed E-state index contributed by atoms with van der Waals surface area (Å²) in [6, 6.07) is 0. The highest BCUT2D eigenvalue weighted by molar-refractivity contribution is 5.82. The SMILES string of the molecule is CC(=O)O[C@H]1CC[C@H]2[C@@H]3CC[C@]45CC(=O)CC[C@]4([C@@H]5OC(C)=O)[C@H]3CC[C@]12C. The maximum absolute atomic E-state index is 12.3. The molecule has 8 atom stereocenters. The molecule has 5 aliphatic rings. The Hall–Kier alpha value is -1.39. The zero-order valence-corrected chi connectivity index (χ0v) is 17.3. The normalized spacial score (nSPS) is 51.2. The number of ether oxygens (including phenoxy) is 2. The number of esters is 2. The van der Waals surface area contributed by atoms with Crippen LogP contribution in [0.25, 0.3) is 0 Å². The van der Waals surface area contributed by atoms with E-state index in [4.69, 9.17) is 9.47 Å². The van der Waals surface area contributed by atoms with E-state index in [0.717, 1.165) is 44.9 Å². The smallest absolute Gasteiger partial charge is 0.302 e. The molecule has 0 bridgehead atoms. The molecule has 5 heteroatoms. The highest BCUT2D eigenvalue weighted by atomic mass is 16.6. The summed E-state index contributed by atoms with van der Waals surface area (Å²) in [6.07, 6.45) is 8.48. The van der Waals surface area contributed by atoms with Gasteiger partial charge >= 0.3 is 11.9 Å². The molecule has 0 unspecified atom stereocenters. The van der Waals surface area contributed by atoms with E-state index in [1.54, 1.807) is 0 Å². The van der Waals surface area contributed by atoms with Gasteiger partial charge in [-0.3, -0.25) is 14.4 Å². The van der Waals surface area contributed by atoms with Crippen molar-refractivity contribution < 1.29 is 23.9 Å². The van der Waals surface area contributed by atoms with E-state index in [2.05, 4.69) is 6.92 Å². The molecule has 0 N–H and O–H groups in total. The van der Waals surface area contributed by atoms with Gasteiger partial charge in [0, 0.05) is 42.9 Å². The fraction of sp³-hybridized carbons (Fsp3) is 0.870. The summed E-state index contributed by atoms with van der Waals surface area (Å²) in [5, 5.41) is 0. The molecule has 0 saturated heterocycles. The lowest BCUT2D eigenvalue weighted by atomic mass is 9.50. The van der Waals surface area contributed by atoms with Gasteiger partial charge in [0.15, 0.2) is 0 Å². The molecule has 5 nitrogen and oxygen atoms in total. The predicted molar refractivity (Wildman–Crippen MR) is 101 cm³/mol. The van der Waals surface area contributed by atoms with Gasteiger partial charge in [0.05, 0.1) is 0 Å². The molecule has 0 aromatic heterocycles. The lowest BCUT2D eigenvalue weighted by molar-refractivity contribution is -0.157. The average molecular weight is 389 g/mol. The largest absolute Gasteiger partial charge is 0.462 e. The van der Waals surface area contributed by atoms with E-state index >= 15 is 0 Å². The molecule has 5 aliphatic carbocycles. The standard InChI is InChI=1S/C23H32O5/c1-13(24)27-19-5-4-17-16-7-10-22-12-15(26)6-11-23(22,20(22)28-14(2)25)18(16)8-9-21(17,19)3/h16-20H,4-12H2,1-3H3/t16-,17-,18-,19-,20+,21-,22+,23+/m0/s1. The summed E-state index contributed by atoms with van der Waals surface area (Å²) in [5.41, 5.74) is 0.00688. The molecule has 0 aliphatic heterocycles. The number of fused-ring (bicyclic) bond motifs is 3. The molecule has 154 valence electrons. The Balaban J connectivity index is 1.46. The van der Waals surface area contributed by atoms with Gasteiger partial charge in [0.1, 0.15) is 18.0 Å². The monoisotopic (exact) mass is 388 g/mol. The fourth-order valence-electron chi connectivity index (χ4n) is 8.76. The number of hydrogen-bond acceptors (Lipinski definition) is 5. The Kier molecular flexibility index (Phi) is 3.87. The van der Waals surface area contributed by atoms with Crippen molar-refractivity contribution in [2.75, 3.05) is 0 Å². The first-order valence-corrected chi connectivity index (χ1v) is 11.1. The maximum atomic E-state index is 12.3. The third kappa shape index (κ3) is 2.16. The van der Waals surface area contributed by atoms with Crippen molar-refractivity contribution in [2.24, 2.45) is 34.0 Å². The van der Waals surface area contributed by atoms with E-state index < -0.39 is 0 Å². The minimum atomic E-state index is -0.208. The Morgan fingerprint density at radius 1 is 0.929 bits per heavy atom. The first-order chi connectivity index (χ1) is 13.2. The number of Topliss-reactive ketones (excluding diaryl/α,β-unsaturated/α-hetero) is 1. The first kappa shape index (κ1) is 18.6. The minimum absolute atomic E-state index is 0.0242. The Bertz CT molecular complexity index is 745. The lowest BCUT2D eigenvalue weighted by Gasteiger charge is -2.54. The van der Waals surface area contributed by atoms with Crippen LogP contribution in [0.5, 0.6) is 0 Å². The zero-order valence-electron chi connectivity index (χ0n) is 17.3. The van der Waals surface area contributed by atoms with Gasteiger partial charge in [-0.05, 0) is 62.7 Å². The van der Waals surface area contributed by atoms with Crippen LogP contribution in [-0.4, -0.2) is 29.9 Å². The molecule has 5 rings (SSSR count). The summed E-state index contributed by atoms with van der Waals surface area (Å²) < 4.78 is 11.6. The van der Waals surface area contributed by atoms with Gasteiger partial charge in [0.2, 0.25) is 0 Å². The molecule has 5 fully saturated rings. The topological polar surface area (TPSA) is 69.7 Å². The summed E-state index contributed by atoms with van der Waals surface area (Å²) >= 11 is 0. The van der Waals surface area contributed by atoms with E-state index in [9.17, 15) is 14.4 Å². The van der Waals surface area contributed by atoms with Gasteiger partial charge in [-0.15, -0.1) is 0 Å². The van der Waals surface area contributed by atoms with E-state index in [1.807, 2.05) is 0 Å². The second kappa shape index (κ2) is 5.82. The summed E-state index contributed by atoms with van der Waals surface area (Å²) in [5.74, 6) is 1.67. The van der Waals surface area contributed by atoms with Crippen LogP contribution in [0.1, 0.15) is 78.6 Å². The third-order valence-corrected chi connectivity index (χ3v) is 9.67. The molecule has 5 saturated carbocycles. The Morgan fingerprint density at radius 3 is 2.39 bits per heavy atom. The maximum Gasteiger partial charge on any atom is 0.302 e. The summed E-state index contributed by atoms with van der Waals surface area (Å²) in [4.78, 5) is 35.8. The number of carbonyl (C=O) groups is 3. The molecular weight excluding hydrogens is 356 g/mol. The number of rotatable bonds is 2. The third-order valence-electron chi connectivity index (χ3n) is 9.67. The van der Waals surface area contributed by atoms with Crippen molar-refractivity contribution in [2.45, 2.75) is 90.8 Å². The Morgan fingerprint density at radius 2 is 1.68 bits per heavy atom. The van der Waals surface area contributed by atoms with Crippen LogP contribution in [0, 0.1) is 34.0 Å². The molecule has 0 spiro atoms. The summed E-state index contributed by atoms with van der Waals surface area (Å²) in [7, 11) is 0. The molecule has 28 heavy (non-hydrogen) atoms. The van der Waals surface area contributed by atoms with Crippen molar-refractivity contribution in [1.82, 2.24) is 0 Å². The van der Waals surface area contributed by atoms with Crippen LogP contribution in [0.3, 0.4) is 0 Å². The number of ketones is 1. The van der Waals surface area contributed by atoms with E-state index in [0.29, 0.717) is 36.4 Å². The Labute approximate surface area is 166 Å². The van der Waals surface area contributed by atoms with Crippen molar-refractivity contribution in [3.05, 3.63) is 0 Å². The molecule has 0 heterocycles. The zero-order chi connectivity index (χ0) is 19.9. The quantitative estimate of drug-likeness (QED) is 0.673. The number of carbonyl (C=O) groups excluding carboxylic acids is 3. The second-order valence-corrected chi connectivity index (χ2v) is 10.5. The molecule has 0 aromatic carbocycles. The van der Waals surface area contributed by atoms with Gasteiger partial charge in [0.25, 0.3) is 0 Å². The predicted octanol–water partition coefficient (Wildman–Crippen LogP) is 3.83. The van der Waals surface area contributed by atoms with Crippen molar-refractivity contribution >= 4 is 17.7 Å². The highest BCUT2D eigenvalue weighted by Gasteiger charge is 2.84. The fourth-order valence-corrected chi connectivity index (χ4v) is 8.76. The molecule has 0 radical (unpaired) electrons. The van der Waals surface area contributed by atoms with Gasteiger partial charge < -0.3 is 9.47 Å². The summed E-state index contributed by atoms with van der Waals surface area (Å²) in [6.45, 7) is 5.35. The van der Waals surface area contributed by atoms with Crippen molar-refractivity contribution in [3.8, 4) is 0 Å². The van der Waals surface area contributed by atoms with Crippen LogP contribution in [0.15, 0.2) is 0 Å². The lowest BCUT2D eigenvalue weighted by Crippen LogP contribution is -2.50. The molecule has 0 aromatic rings. The van der Waals surface area contributed by atoms with Crippen molar-refractivity contribution in [1.29, 1.82) is 0 Å². The number of hydrogen-bond donors (Lipinski definition) is 0. The highest BCUT2D eigenvalue weighted by Crippen LogP contribution is 2.83. The van der Waals surface area contributed by atoms with Crippen LogP contribution in [0.4, 0.5) is 0 Å². The van der Waals surface area contributed by atoms with E-state index in [1.165, 1.54) is 13.8 Å². The van der Waals surface area contributed by atoms with Crippen LogP contribution in [-0.2, 0) is 23.9 Å². The van der Waals surface area contributed by atoms with Gasteiger partial charge in [-0.25, -0.2) is 0 Å². The molecule has 0 amide bonds. The van der Waals surface area contributed by atoms with E-state index in [-0.39, 0.29) is 40.4 Å². The minimum Gasteiger partial charge on any atom is -0.462 e. The van der Waals surface area contributed by atoms with Crippen molar-refractivity contribution in [3.63, 3.8) is 0 Å². The van der Waals surface area contributed by atoms with Crippen LogP contribution >= 0.6 is 0 Å². The van der Waals surface area contributed by atoms with Gasteiger partial charge in [-0.2, -0.15) is 0 Å². The van der Waals surface area contributed by atoms with Crippen LogP contribution < -0.4 is 0 Å². The van der Waals surface area contributed by atoms with Gasteiger partial charge in [-0.1, -0.05) is 6.92 Å².